The molecule has 1 aromatic rings. The van der Waals surface area contributed by atoms with Gasteiger partial charge in [0.2, 0.25) is 0 Å². The maximum absolute atomic E-state index is 8.92. The van der Waals surface area contributed by atoms with Crippen LogP contribution in [0.3, 0.4) is 0 Å². The van der Waals surface area contributed by atoms with Gasteiger partial charge in [0, 0.05) is 19.3 Å². The van der Waals surface area contributed by atoms with Gasteiger partial charge < -0.3 is 10.1 Å². The highest BCUT2D eigenvalue weighted by atomic mass is 16.5. The largest absolute Gasteiger partial charge is 0.385 e. The highest BCUT2D eigenvalue weighted by Crippen LogP contribution is 2.17. The molecule has 0 amide bonds. The van der Waals surface area contributed by atoms with Crippen LogP contribution in [0.15, 0.2) is 18.2 Å². The molecule has 0 aliphatic rings. The fourth-order valence-electron chi connectivity index (χ4n) is 1.45. The van der Waals surface area contributed by atoms with Gasteiger partial charge in [0.25, 0.3) is 0 Å². The predicted molar refractivity (Wildman–Crippen MR) is 70.1 cm³/mol. The lowest BCUT2D eigenvalue weighted by atomic mass is 10.1. The van der Waals surface area contributed by atoms with E-state index in [9.17, 15) is 0 Å². The SMILES string of the molecule is COC(C)(C)CCNc1ccc(C#N)c(C#N)c1. The van der Waals surface area contributed by atoms with E-state index in [-0.39, 0.29) is 5.60 Å². The van der Waals surface area contributed by atoms with Gasteiger partial charge in [0.05, 0.1) is 16.7 Å². The lowest BCUT2D eigenvalue weighted by Crippen LogP contribution is -2.25. The number of hydrogen-bond acceptors (Lipinski definition) is 4. The number of nitrogens with one attached hydrogen (secondary N) is 1. The summed E-state index contributed by atoms with van der Waals surface area (Å²) in [4.78, 5) is 0. The fraction of sp³-hybridized carbons (Fsp3) is 0.429. The molecule has 4 nitrogen and oxygen atoms in total. The molecule has 0 heterocycles. The molecule has 0 bridgehead atoms. The number of nitrogens with zero attached hydrogens (tertiary/aromatic N) is 2. The van der Waals surface area contributed by atoms with Gasteiger partial charge in [-0.25, -0.2) is 0 Å². The van der Waals surface area contributed by atoms with E-state index in [0.717, 1.165) is 18.7 Å². The summed E-state index contributed by atoms with van der Waals surface area (Å²) in [6, 6.07) is 9.16. The van der Waals surface area contributed by atoms with Gasteiger partial charge in [0.15, 0.2) is 0 Å². The summed E-state index contributed by atoms with van der Waals surface area (Å²) in [6.45, 7) is 4.79. The zero-order chi connectivity index (χ0) is 13.6. The first kappa shape index (κ1) is 14.0. The van der Waals surface area contributed by atoms with E-state index in [1.807, 2.05) is 26.0 Å². The van der Waals surface area contributed by atoms with Crippen molar-refractivity contribution in [3.63, 3.8) is 0 Å². The second kappa shape index (κ2) is 6.05. The molecule has 94 valence electrons. The van der Waals surface area contributed by atoms with Crippen molar-refractivity contribution in [3.05, 3.63) is 29.3 Å². The maximum Gasteiger partial charge on any atom is 0.101 e. The monoisotopic (exact) mass is 243 g/mol. The molecular weight excluding hydrogens is 226 g/mol. The Morgan fingerprint density at radius 1 is 1.22 bits per heavy atom. The summed E-state index contributed by atoms with van der Waals surface area (Å²) in [5.74, 6) is 0. The minimum absolute atomic E-state index is 0.169. The summed E-state index contributed by atoms with van der Waals surface area (Å²) >= 11 is 0. The third-order valence-electron chi connectivity index (χ3n) is 2.87. The maximum atomic E-state index is 8.92. The number of hydrogen-bond donors (Lipinski definition) is 1. The van der Waals surface area contributed by atoms with Gasteiger partial charge in [-0.3, -0.25) is 0 Å². The number of nitriles is 2. The first-order chi connectivity index (χ1) is 8.52. The smallest absolute Gasteiger partial charge is 0.101 e. The van der Waals surface area contributed by atoms with Crippen LogP contribution in [0, 0.1) is 22.7 Å². The highest BCUT2D eigenvalue weighted by molar-refractivity contribution is 5.56. The Kier molecular flexibility index (Phi) is 4.71. The Morgan fingerprint density at radius 3 is 2.44 bits per heavy atom. The molecular formula is C14H17N3O. The normalized spacial score (nSPS) is 10.5. The van der Waals surface area contributed by atoms with E-state index in [0.29, 0.717) is 11.1 Å². The van der Waals surface area contributed by atoms with Crippen molar-refractivity contribution in [1.82, 2.24) is 0 Å². The Hall–Kier alpha value is -2.04. The standard InChI is InChI=1S/C14H17N3O/c1-14(2,18-3)6-7-17-13-5-4-11(9-15)12(8-13)10-16/h4-5,8,17H,6-7H2,1-3H3. The molecule has 0 aliphatic heterocycles. The third kappa shape index (κ3) is 3.76. The number of methoxy groups -OCH3 is 1. The van der Waals surface area contributed by atoms with Crippen LogP contribution in [-0.2, 0) is 4.74 Å². The van der Waals surface area contributed by atoms with Crippen LogP contribution in [-0.4, -0.2) is 19.3 Å². The van der Waals surface area contributed by atoms with E-state index in [2.05, 4.69) is 5.32 Å². The highest BCUT2D eigenvalue weighted by Gasteiger charge is 2.15. The molecule has 0 fully saturated rings. The fourth-order valence-corrected chi connectivity index (χ4v) is 1.45. The van der Waals surface area contributed by atoms with Crippen molar-refractivity contribution in [1.29, 1.82) is 10.5 Å². The lowest BCUT2D eigenvalue weighted by Gasteiger charge is -2.23. The van der Waals surface area contributed by atoms with E-state index in [1.165, 1.54) is 0 Å². The molecule has 0 saturated heterocycles. The summed E-state index contributed by atoms with van der Waals surface area (Å²) < 4.78 is 5.32. The third-order valence-corrected chi connectivity index (χ3v) is 2.87. The summed E-state index contributed by atoms with van der Waals surface area (Å²) in [5.41, 5.74) is 1.48. The molecule has 0 atom stereocenters. The molecule has 0 aromatic heterocycles. The molecule has 0 spiro atoms. The van der Waals surface area contributed by atoms with Crippen LogP contribution in [0.4, 0.5) is 5.69 Å². The summed E-state index contributed by atoms with van der Waals surface area (Å²) in [5, 5.41) is 21.0. The Bertz CT molecular complexity index is 495. The van der Waals surface area contributed by atoms with E-state index in [1.54, 1.807) is 25.3 Å². The van der Waals surface area contributed by atoms with Crippen LogP contribution < -0.4 is 5.32 Å². The van der Waals surface area contributed by atoms with Gasteiger partial charge in [-0.1, -0.05) is 0 Å². The molecule has 1 rings (SSSR count). The van der Waals surface area contributed by atoms with Crippen LogP contribution in [0.5, 0.6) is 0 Å². The predicted octanol–water partition coefficient (Wildman–Crippen LogP) is 2.66. The summed E-state index contributed by atoms with van der Waals surface area (Å²) in [7, 11) is 1.69. The van der Waals surface area contributed by atoms with Crippen molar-refractivity contribution in [2.24, 2.45) is 0 Å². The van der Waals surface area contributed by atoms with E-state index < -0.39 is 0 Å². The zero-order valence-electron chi connectivity index (χ0n) is 10.9. The van der Waals surface area contributed by atoms with Gasteiger partial charge in [-0.2, -0.15) is 10.5 Å². The topological polar surface area (TPSA) is 68.8 Å². The number of rotatable bonds is 5. The minimum Gasteiger partial charge on any atom is -0.385 e. The second-order valence-corrected chi connectivity index (χ2v) is 4.62. The van der Waals surface area contributed by atoms with Gasteiger partial charge in [0.1, 0.15) is 12.1 Å². The van der Waals surface area contributed by atoms with Crippen molar-refractivity contribution < 1.29 is 4.74 Å². The van der Waals surface area contributed by atoms with Gasteiger partial charge in [-0.15, -0.1) is 0 Å². The average Bonchev–Trinajstić information content (AvgIpc) is 2.38. The lowest BCUT2D eigenvalue weighted by molar-refractivity contribution is 0.0185. The molecule has 0 unspecified atom stereocenters. The molecule has 0 saturated carbocycles. The molecule has 0 radical (unpaired) electrons. The average molecular weight is 243 g/mol. The molecule has 4 heteroatoms. The van der Waals surface area contributed by atoms with Crippen LogP contribution in [0.1, 0.15) is 31.4 Å². The molecule has 18 heavy (non-hydrogen) atoms. The van der Waals surface area contributed by atoms with Crippen molar-refractivity contribution >= 4 is 5.69 Å². The van der Waals surface area contributed by atoms with Gasteiger partial charge >= 0.3 is 0 Å². The summed E-state index contributed by atoms with van der Waals surface area (Å²) in [6.07, 6.45) is 0.853. The number of ether oxygens (including phenoxy) is 1. The first-order valence-electron chi connectivity index (χ1n) is 5.75. The Labute approximate surface area is 108 Å². The van der Waals surface area contributed by atoms with Crippen molar-refractivity contribution in [3.8, 4) is 12.1 Å². The van der Waals surface area contributed by atoms with Crippen LogP contribution in [0.2, 0.25) is 0 Å². The van der Waals surface area contributed by atoms with Gasteiger partial charge in [-0.05, 0) is 38.5 Å². The van der Waals surface area contributed by atoms with Crippen molar-refractivity contribution in [2.45, 2.75) is 25.9 Å². The number of benzene rings is 1. The molecule has 1 aromatic carbocycles. The quantitative estimate of drug-likeness (QED) is 0.863. The minimum atomic E-state index is -0.169. The molecule has 1 N–H and O–H groups in total. The molecule has 0 aliphatic carbocycles. The number of anilines is 1. The van der Waals surface area contributed by atoms with Crippen LogP contribution >= 0.6 is 0 Å². The first-order valence-corrected chi connectivity index (χ1v) is 5.75. The van der Waals surface area contributed by atoms with Crippen molar-refractivity contribution in [2.75, 3.05) is 19.0 Å². The Morgan fingerprint density at radius 2 is 1.89 bits per heavy atom. The zero-order valence-corrected chi connectivity index (χ0v) is 10.9. The second-order valence-electron chi connectivity index (χ2n) is 4.62. The van der Waals surface area contributed by atoms with E-state index in [4.69, 9.17) is 15.3 Å². The van der Waals surface area contributed by atoms with E-state index >= 15 is 0 Å². The van der Waals surface area contributed by atoms with Crippen LogP contribution in [0.25, 0.3) is 0 Å². The Balaban J connectivity index is 2.65.